The summed E-state index contributed by atoms with van der Waals surface area (Å²) in [7, 11) is 0. The first-order chi connectivity index (χ1) is 13.2. The highest BCUT2D eigenvalue weighted by atomic mass is 35.5. The Balaban J connectivity index is 1.33. The van der Waals surface area contributed by atoms with E-state index in [0.717, 1.165) is 21.7 Å². The van der Waals surface area contributed by atoms with Crippen LogP contribution in [0.5, 0.6) is 5.75 Å². The van der Waals surface area contributed by atoms with Gasteiger partial charge in [0.05, 0.1) is 28.5 Å². The minimum absolute atomic E-state index is 0.266. The van der Waals surface area contributed by atoms with E-state index in [2.05, 4.69) is 15.3 Å². The second-order valence-corrected chi connectivity index (χ2v) is 7.77. The molecule has 2 aliphatic rings. The number of nitrogens with zero attached hydrogens (tertiary/aromatic N) is 2. The van der Waals surface area contributed by atoms with Gasteiger partial charge in [-0.05, 0) is 29.6 Å². The Morgan fingerprint density at radius 1 is 1.19 bits per heavy atom. The van der Waals surface area contributed by atoms with Crippen LogP contribution in [-0.2, 0) is 9.47 Å². The molecule has 140 valence electrons. The first-order valence-corrected chi connectivity index (χ1v) is 9.77. The van der Waals surface area contributed by atoms with Gasteiger partial charge in [-0.2, -0.15) is 0 Å². The lowest BCUT2D eigenvalue weighted by molar-refractivity contribution is 0.00865. The fourth-order valence-corrected chi connectivity index (χ4v) is 4.41. The average Bonchev–Trinajstić information content (AvgIpc) is 3.37. The van der Waals surface area contributed by atoms with Crippen LogP contribution in [0.25, 0.3) is 10.2 Å². The molecule has 2 fully saturated rings. The Kier molecular flexibility index (Phi) is 4.37. The van der Waals surface area contributed by atoms with Crippen LogP contribution in [0.3, 0.4) is 0 Å². The van der Waals surface area contributed by atoms with Gasteiger partial charge in [-0.15, -0.1) is 11.3 Å². The number of hydrogen-bond donors (Lipinski definition) is 2. The monoisotopic (exact) mass is 405 g/mol. The molecule has 7 nitrogen and oxygen atoms in total. The van der Waals surface area contributed by atoms with Gasteiger partial charge in [0, 0.05) is 5.69 Å². The van der Waals surface area contributed by atoms with Crippen molar-refractivity contribution in [2.24, 2.45) is 0 Å². The fourth-order valence-electron chi connectivity index (χ4n) is 3.40. The lowest BCUT2D eigenvalue weighted by Crippen LogP contribution is -2.34. The second-order valence-electron chi connectivity index (χ2n) is 6.45. The predicted molar refractivity (Wildman–Crippen MR) is 102 cm³/mol. The molecule has 9 heteroatoms. The SMILES string of the molecule is O[C@H]1CO[C@@H]2C(Oc3ccc(Nc4ncnc5ccsc45)cc3Cl)CO[C@@H]21. The van der Waals surface area contributed by atoms with Gasteiger partial charge < -0.3 is 24.6 Å². The minimum Gasteiger partial charge on any atom is -0.484 e. The van der Waals surface area contributed by atoms with Crippen LogP contribution in [0.15, 0.2) is 36.0 Å². The van der Waals surface area contributed by atoms with Crippen LogP contribution in [-0.4, -0.2) is 52.7 Å². The van der Waals surface area contributed by atoms with Gasteiger partial charge in [0.2, 0.25) is 0 Å². The molecule has 0 spiro atoms. The topological polar surface area (TPSA) is 85.7 Å². The standard InChI is InChI=1S/C18H16ClN3O4S/c19-10-5-9(22-18-17-11(3-4-27-17)20-8-21-18)1-2-13(10)26-14-7-25-15-12(23)6-24-16(14)15/h1-5,8,12,14-16,23H,6-7H2,(H,20,21,22)/t12-,14?,15+,16+/m0/s1. The Labute approximate surface area is 163 Å². The lowest BCUT2D eigenvalue weighted by atomic mass is 10.1. The van der Waals surface area contributed by atoms with Crippen molar-refractivity contribution in [3.05, 3.63) is 41.0 Å². The molecule has 0 radical (unpaired) electrons. The van der Waals surface area contributed by atoms with Crippen molar-refractivity contribution in [2.45, 2.75) is 24.4 Å². The lowest BCUT2D eigenvalue weighted by Gasteiger charge is -2.19. The number of halogens is 1. The zero-order valence-corrected chi connectivity index (χ0v) is 15.6. The number of thiophene rings is 1. The molecule has 2 aliphatic heterocycles. The Bertz CT molecular complexity index is 984. The van der Waals surface area contributed by atoms with Crippen LogP contribution in [0.2, 0.25) is 5.02 Å². The summed E-state index contributed by atoms with van der Waals surface area (Å²) in [5.41, 5.74) is 1.70. The van der Waals surface area contributed by atoms with Crippen molar-refractivity contribution in [2.75, 3.05) is 18.5 Å². The van der Waals surface area contributed by atoms with Crippen molar-refractivity contribution in [3.8, 4) is 5.75 Å². The van der Waals surface area contributed by atoms with E-state index in [1.54, 1.807) is 23.5 Å². The Hall–Kier alpha value is -1.97. The van der Waals surface area contributed by atoms with E-state index in [-0.39, 0.29) is 24.9 Å². The molecule has 4 atom stereocenters. The van der Waals surface area contributed by atoms with Gasteiger partial charge >= 0.3 is 0 Å². The van der Waals surface area contributed by atoms with Crippen LogP contribution in [0.4, 0.5) is 11.5 Å². The number of nitrogens with one attached hydrogen (secondary N) is 1. The third-order valence-corrected chi connectivity index (χ3v) is 5.90. The van der Waals surface area contributed by atoms with Crippen LogP contribution in [0.1, 0.15) is 0 Å². The minimum atomic E-state index is -0.604. The van der Waals surface area contributed by atoms with Gasteiger partial charge in [-0.25, -0.2) is 9.97 Å². The first-order valence-electron chi connectivity index (χ1n) is 8.52. The molecule has 1 unspecified atom stereocenters. The number of hydrogen-bond acceptors (Lipinski definition) is 8. The molecule has 3 aromatic rings. The fraction of sp³-hybridized carbons (Fsp3) is 0.333. The number of aromatic nitrogens is 2. The van der Waals surface area contributed by atoms with Crippen LogP contribution >= 0.6 is 22.9 Å². The summed E-state index contributed by atoms with van der Waals surface area (Å²) in [5.74, 6) is 1.28. The van der Waals surface area contributed by atoms with Crippen molar-refractivity contribution in [1.82, 2.24) is 9.97 Å². The molecule has 0 saturated carbocycles. The maximum atomic E-state index is 9.82. The zero-order valence-electron chi connectivity index (χ0n) is 14.0. The molecule has 2 saturated heterocycles. The van der Waals surface area contributed by atoms with Crippen LogP contribution in [0, 0.1) is 0 Å². The predicted octanol–water partition coefficient (Wildman–Crippen LogP) is 2.99. The van der Waals surface area contributed by atoms with E-state index in [1.807, 2.05) is 17.5 Å². The van der Waals surface area contributed by atoms with Crippen molar-refractivity contribution >= 4 is 44.7 Å². The molecular formula is C18H16ClN3O4S. The van der Waals surface area contributed by atoms with E-state index in [0.29, 0.717) is 17.4 Å². The number of rotatable bonds is 4. The number of fused-ring (bicyclic) bond motifs is 2. The maximum Gasteiger partial charge on any atom is 0.151 e. The van der Waals surface area contributed by atoms with Gasteiger partial charge in [0.1, 0.15) is 30.4 Å². The molecule has 2 aromatic heterocycles. The summed E-state index contributed by atoms with van der Waals surface area (Å²) in [6, 6.07) is 7.42. The molecule has 2 N–H and O–H groups in total. The average molecular weight is 406 g/mol. The van der Waals surface area contributed by atoms with Gasteiger partial charge in [0.25, 0.3) is 0 Å². The summed E-state index contributed by atoms with van der Waals surface area (Å²) in [5, 5.41) is 15.5. The van der Waals surface area contributed by atoms with Crippen molar-refractivity contribution < 1.29 is 19.3 Å². The second kappa shape index (κ2) is 6.88. The number of anilines is 2. The van der Waals surface area contributed by atoms with E-state index >= 15 is 0 Å². The molecule has 27 heavy (non-hydrogen) atoms. The molecule has 0 amide bonds. The highest BCUT2D eigenvalue weighted by Gasteiger charge is 2.48. The van der Waals surface area contributed by atoms with Crippen LogP contribution < -0.4 is 10.1 Å². The number of benzene rings is 1. The zero-order chi connectivity index (χ0) is 18.4. The Morgan fingerprint density at radius 2 is 2.07 bits per heavy atom. The smallest absolute Gasteiger partial charge is 0.151 e. The molecule has 4 heterocycles. The highest BCUT2D eigenvalue weighted by Crippen LogP contribution is 2.35. The van der Waals surface area contributed by atoms with Gasteiger partial charge in [-0.1, -0.05) is 11.6 Å². The maximum absolute atomic E-state index is 9.82. The van der Waals surface area contributed by atoms with E-state index < -0.39 is 6.10 Å². The summed E-state index contributed by atoms with van der Waals surface area (Å²) in [6.07, 6.45) is 0.0228. The third kappa shape index (κ3) is 3.13. The van der Waals surface area contributed by atoms with Gasteiger partial charge in [0.15, 0.2) is 11.9 Å². The first kappa shape index (κ1) is 17.2. The number of aliphatic hydroxyl groups excluding tert-OH is 1. The molecular weight excluding hydrogens is 390 g/mol. The highest BCUT2D eigenvalue weighted by molar-refractivity contribution is 7.17. The third-order valence-electron chi connectivity index (χ3n) is 4.70. The number of ether oxygens (including phenoxy) is 3. The number of aliphatic hydroxyl groups is 1. The largest absolute Gasteiger partial charge is 0.484 e. The molecule has 1 aromatic carbocycles. The summed E-state index contributed by atoms with van der Waals surface area (Å²) < 4.78 is 18.1. The summed E-state index contributed by atoms with van der Waals surface area (Å²) in [4.78, 5) is 8.55. The summed E-state index contributed by atoms with van der Waals surface area (Å²) >= 11 is 7.99. The molecule has 0 bridgehead atoms. The van der Waals surface area contributed by atoms with Crippen molar-refractivity contribution in [3.63, 3.8) is 0 Å². The quantitative estimate of drug-likeness (QED) is 0.690. The Morgan fingerprint density at radius 3 is 2.96 bits per heavy atom. The summed E-state index contributed by atoms with van der Waals surface area (Å²) in [6.45, 7) is 0.627. The van der Waals surface area contributed by atoms with E-state index in [1.165, 1.54) is 6.33 Å². The molecule has 0 aliphatic carbocycles. The molecule has 5 rings (SSSR count). The normalized spacial score (nSPS) is 27.0. The van der Waals surface area contributed by atoms with E-state index in [4.69, 9.17) is 25.8 Å². The van der Waals surface area contributed by atoms with E-state index in [9.17, 15) is 5.11 Å². The van der Waals surface area contributed by atoms with Gasteiger partial charge in [-0.3, -0.25) is 0 Å². The van der Waals surface area contributed by atoms with Crippen molar-refractivity contribution in [1.29, 1.82) is 0 Å².